The Bertz CT molecular complexity index is 446. The fourth-order valence-electron chi connectivity index (χ4n) is 1.64. The third kappa shape index (κ3) is 3.44. The van der Waals surface area contributed by atoms with Gasteiger partial charge in [-0.2, -0.15) is 0 Å². The van der Waals surface area contributed by atoms with E-state index in [0.717, 1.165) is 0 Å². The molecular formula is C12H17N3O3. The van der Waals surface area contributed by atoms with E-state index in [1.807, 2.05) is 13.8 Å². The Morgan fingerprint density at radius 2 is 2.17 bits per heavy atom. The highest BCUT2D eigenvalue weighted by molar-refractivity contribution is 5.97. The number of amides is 1. The van der Waals surface area contributed by atoms with Gasteiger partial charge in [-0.1, -0.05) is 0 Å². The van der Waals surface area contributed by atoms with E-state index < -0.39 is 11.9 Å². The van der Waals surface area contributed by atoms with Crippen molar-refractivity contribution in [1.82, 2.24) is 4.98 Å². The van der Waals surface area contributed by atoms with Gasteiger partial charge in [0.05, 0.1) is 12.0 Å². The molecule has 98 valence electrons. The molecule has 6 nitrogen and oxygen atoms in total. The van der Waals surface area contributed by atoms with Crippen LogP contribution in [0.4, 0.5) is 5.82 Å². The summed E-state index contributed by atoms with van der Waals surface area (Å²) >= 11 is 0. The SMILES string of the molecule is CC(C)N(CCC(=O)O)c1ncccc1C(N)=O. The van der Waals surface area contributed by atoms with Crippen LogP contribution >= 0.6 is 0 Å². The zero-order valence-electron chi connectivity index (χ0n) is 10.5. The van der Waals surface area contributed by atoms with E-state index >= 15 is 0 Å². The summed E-state index contributed by atoms with van der Waals surface area (Å²) in [5, 5.41) is 8.73. The number of primary amides is 1. The molecule has 1 amide bonds. The number of pyridine rings is 1. The standard InChI is InChI=1S/C12H17N3O3/c1-8(2)15(7-5-10(16)17)12-9(11(13)18)4-3-6-14-12/h3-4,6,8H,5,7H2,1-2H3,(H2,13,18)(H,16,17). The predicted octanol–water partition coefficient (Wildman–Crippen LogP) is 0.870. The van der Waals surface area contributed by atoms with Crippen molar-refractivity contribution in [3.05, 3.63) is 23.9 Å². The Balaban J connectivity index is 3.05. The molecule has 1 rings (SSSR count). The Hall–Kier alpha value is -2.11. The van der Waals surface area contributed by atoms with Gasteiger partial charge in [-0.15, -0.1) is 0 Å². The molecule has 0 unspecified atom stereocenters. The molecule has 0 spiro atoms. The lowest BCUT2D eigenvalue weighted by Crippen LogP contribution is -2.35. The molecular weight excluding hydrogens is 234 g/mol. The number of hydrogen-bond donors (Lipinski definition) is 2. The Morgan fingerprint density at radius 3 is 2.67 bits per heavy atom. The van der Waals surface area contributed by atoms with Gasteiger partial charge in [-0.3, -0.25) is 9.59 Å². The molecule has 0 atom stereocenters. The number of rotatable bonds is 6. The van der Waals surface area contributed by atoms with Gasteiger partial charge in [0, 0.05) is 18.8 Å². The molecule has 0 fully saturated rings. The molecule has 1 heterocycles. The summed E-state index contributed by atoms with van der Waals surface area (Å²) in [6, 6.07) is 3.23. The van der Waals surface area contributed by atoms with Gasteiger partial charge < -0.3 is 15.7 Å². The highest BCUT2D eigenvalue weighted by Gasteiger charge is 2.19. The molecule has 3 N–H and O–H groups in total. The number of nitrogens with zero attached hydrogens (tertiary/aromatic N) is 2. The minimum atomic E-state index is -0.891. The zero-order chi connectivity index (χ0) is 13.7. The number of aliphatic carboxylic acids is 1. The molecule has 6 heteroatoms. The minimum absolute atomic E-state index is 0.0209. The number of carbonyl (C=O) groups excluding carboxylic acids is 1. The van der Waals surface area contributed by atoms with Crippen LogP contribution in [0, 0.1) is 0 Å². The second-order valence-corrected chi connectivity index (χ2v) is 4.17. The number of nitrogens with two attached hydrogens (primary N) is 1. The number of anilines is 1. The molecule has 0 radical (unpaired) electrons. The van der Waals surface area contributed by atoms with Crippen LogP contribution in [-0.2, 0) is 4.79 Å². The van der Waals surface area contributed by atoms with Crippen molar-refractivity contribution in [1.29, 1.82) is 0 Å². The summed E-state index contributed by atoms with van der Waals surface area (Å²) < 4.78 is 0. The minimum Gasteiger partial charge on any atom is -0.481 e. The van der Waals surface area contributed by atoms with E-state index in [4.69, 9.17) is 10.8 Å². The van der Waals surface area contributed by atoms with E-state index in [9.17, 15) is 9.59 Å². The van der Waals surface area contributed by atoms with Gasteiger partial charge in [-0.25, -0.2) is 4.98 Å². The molecule has 0 saturated heterocycles. The van der Waals surface area contributed by atoms with Crippen molar-refractivity contribution >= 4 is 17.7 Å². The molecule has 0 bridgehead atoms. The first-order chi connectivity index (χ1) is 8.43. The number of carboxylic acid groups (broad SMARTS) is 1. The molecule has 18 heavy (non-hydrogen) atoms. The van der Waals surface area contributed by atoms with Gasteiger partial charge >= 0.3 is 5.97 Å². The van der Waals surface area contributed by atoms with Crippen LogP contribution in [0.1, 0.15) is 30.6 Å². The first-order valence-corrected chi connectivity index (χ1v) is 5.66. The maximum Gasteiger partial charge on any atom is 0.305 e. The fourth-order valence-corrected chi connectivity index (χ4v) is 1.64. The molecule has 0 aliphatic heterocycles. The molecule has 0 aliphatic carbocycles. The number of hydrogen-bond acceptors (Lipinski definition) is 4. The summed E-state index contributed by atoms with van der Waals surface area (Å²) in [5.41, 5.74) is 5.59. The maximum atomic E-state index is 11.3. The lowest BCUT2D eigenvalue weighted by Gasteiger charge is -2.28. The van der Waals surface area contributed by atoms with Crippen LogP contribution in [0.15, 0.2) is 18.3 Å². The van der Waals surface area contributed by atoms with Crippen molar-refractivity contribution in [3.63, 3.8) is 0 Å². The Morgan fingerprint density at radius 1 is 1.50 bits per heavy atom. The maximum absolute atomic E-state index is 11.3. The Kier molecular flexibility index (Phi) is 4.65. The van der Waals surface area contributed by atoms with E-state index in [1.165, 1.54) is 0 Å². The summed E-state index contributed by atoms with van der Waals surface area (Å²) in [6.07, 6.45) is 1.53. The largest absolute Gasteiger partial charge is 0.481 e. The molecule has 0 aromatic carbocycles. The fraction of sp³-hybridized carbons (Fsp3) is 0.417. The monoisotopic (exact) mass is 251 g/mol. The Labute approximate surface area is 105 Å². The summed E-state index contributed by atoms with van der Waals surface area (Å²) in [6.45, 7) is 4.09. The quantitative estimate of drug-likeness (QED) is 0.782. The van der Waals surface area contributed by atoms with Crippen LogP contribution in [0.2, 0.25) is 0 Å². The molecule has 1 aromatic rings. The average Bonchev–Trinajstić information content (AvgIpc) is 2.28. The van der Waals surface area contributed by atoms with Crippen LogP contribution in [-0.4, -0.2) is 34.6 Å². The smallest absolute Gasteiger partial charge is 0.305 e. The van der Waals surface area contributed by atoms with E-state index in [-0.39, 0.29) is 19.0 Å². The van der Waals surface area contributed by atoms with E-state index in [0.29, 0.717) is 11.4 Å². The first kappa shape index (κ1) is 14.0. The summed E-state index contributed by atoms with van der Waals surface area (Å²) in [5.74, 6) is -1.03. The van der Waals surface area contributed by atoms with E-state index in [2.05, 4.69) is 4.98 Å². The topological polar surface area (TPSA) is 96.5 Å². The normalized spacial score (nSPS) is 10.4. The van der Waals surface area contributed by atoms with Crippen molar-refractivity contribution in [2.24, 2.45) is 5.73 Å². The van der Waals surface area contributed by atoms with Crippen molar-refractivity contribution in [2.45, 2.75) is 26.3 Å². The molecule has 0 aliphatic rings. The van der Waals surface area contributed by atoms with Crippen molar-refractivity contribution in [2.75, 3.05) is 11.4 Å². The van der Waals surface area contributed by atoms with Crippen molar-refractivity contribution < 1.29 is 14.7 Å². The number of aromatic nitrogens is 1. The average molecular weight is 251 g/mol. The zero-order valence-corrected chi connectivity index (χ0v) is 10.5. The highest BCUT2D eigenvalue weighted by Crippen LogP contribution is 2.19. The van der Waals surface area contributed by atoms with Crippen molar-refractivity contribution in [3.8, 4) is 0 Å². The van der Waals surface area contributed by atoms with Gasteiger partial charge in [-0.05, 0) is 26.0 Å². The third-order valence-electron chi connectivity index (χ3n) is 2.51. The molecule has 1 aromatic heterocycles. The summed E-state index contributed by atoms with van der Waals surface area (Å²) in [4.78, 5) is 27.9. The predicted molar refractivity (Wildman–Crippen MR) is 67.5 cm³/mol. The number of carbonyl (C=O) groups is 2. The van der Waals surface area contributed by atoms with Crippen LogP contribution in [0.25, 0.3) is 0 Å². The lowest BCUT2D eigenvalue weighted by molar-refractivity contribution is -0.136. The summed E-state index contributed by atoms with van der Waals surface area (Å²) in [7, 11) is 0. The van der Waals surface area contributed by atoms with Crippen LogP contribution in [0.5, 0.6) is 0 Å². The second kappa shape index (κ2) is 6.00. The van der Waals surface area contributed by atoms with Gasteiger partial charge in [0.1, 0.15) is 5.82 Å². The van der Waals surface area contributed by atoms with Gasteiger partial charge in [0.15, 0.2) is 0 Å². The third-order valence-corrected chi connectivity index (χ3v) is 2.51. The van der Waals surface area contributed by atoms with E-state index in [1.54, 1.807) is 23.2 Å². The first-order valence-electron chi connectivity index (χ1n) is 5.66. The van der Waals surface area contributed by atoms with Gasteiger partial charge in [0.2, 0.25) is 0 Å². The number of carboxylic acids is 1. The van der Waals surface area contributed by atoms with Gasteiger partial charge in [0.25, 0.3) is 5.91 Å². The highest BCUT2D eigenvalue weighted by atomic mass is 16.4. The lowest BCUT2D eigenvalue weighted by atomic mass is 10.2. The molecule has 0 saturated carbocycles. The van der Waals surface area contributed by atoms with Crippen LogP contribution < -0.4 is 10.6 Å². The second-order valence-electron chi connectivity index (χ2n) is 4.17. The van der Waals surface area contributed by atoms with Crippen LogP contribution in [0.3, 0.4) is 0 Å².